The van der Waals surface area contributed by atoms with E-state index in [0.29, 0.717) is 6.54 Å². The molecule has 0 radical (unpaired) electrons. The molecule has 0 spiro atoms. The zero-order valence-electron chi connectivity index (χ0n) is 14.2. The highest BCUT2D eigenvalue weighted by molar-refractivity contribution is 14.1. The van der Waals surface area contributed by atoms with E-state index in [1.165, 1.54) is 18.4 Å². The van der Waals surface area contributed by atoms with Crippen molar-refractivity contribution in [3.8, 4) is 0 Å². The van der Waals surface area contributed by atoms with Gasteiger partial charge >= 0.3 is 0 Å². The topological polar surface area (TPSA) is 38.1 Å². The number of amides is 1. The summed E-state index contributed by atoms with van der Waals surface area (Å²) in [5.74, 6) is 1.76. The molecule has 5 heteroatoms. The van der Waals surface area contributed by atoms with Crippen LogP contribution in [0.4, 0.5) is 0 Å². The SMILES string of the molecule is CN(Cc1nc2ccccc2n1CC1CC1)C(=O)c1cccc(I)c1. The van der Waals surface area contributed by atoms with Gasteiger partial charge in [0.2, 0.25) is 0 Å². The number of hydrogen-bond acceptors (Lipinski definition) is 2. The molecule has 0 aliphatic heterocycles. The van der Waals surface area contributed by atoms with Crippen molar-refractivity contribution in [3.63, 3.8) is 0 Å². The van der Waals surface area contributed by atoms with Gasteiger partial charge in [-0.25, -0.2) is 4.98 Å². The summed E-state index contributed by atoms with van der Waals surface area (Å²) in [5.41, 5.74) is 2.90. The minimum absolute atomic E-state index is 0.0311. The van der Waals surface area contributed by atoms with Gasteiger partial charge in [-0.2, -0.15) is 0 Å². The van der Waals surface area contributed by atoms with Crippen LogP contribution in [0.15, 0.2) is 48.5 Å². The first-order valence-corrected chi connectivity index (χ1v) is 9.65. The van der Waals surface area contributed by atoms with Gasteiger partial charge < -0.3 is 9.47 Å². The lowest BCUT2D eigenvalue weighted by Crippen LogP contribution is -2.28. The van der Waals surface area contributed by atoms with E-state index < -0.39 is 0 Å². The summed E-state index contributed by atoms with van der Waals surface area (Å²) in [4.78, 5) is 19.3. The first-order valence-electron chi connectivity index (χ1n) is 8.57. The van der Waals surface area contributed by atoms with Crippen molar-refractivity contribution >= 4 is 39.5 Å². The second-order valence-corrected chi connectivity index (χ2v) is 7.99. The zero-order chi connectivity index (χ0) is 17.4. The summed E-state index contributed by atoms with van der Waals surface area (Å²) < 4.78 is 3.36. The number of benzene rings is 2. The second kappa shape index (κ2) is 6.78. The summed E-state index contributed by atoms with van der Waals surface area (Å²) >= 11 is 2.23. The number of halogens is 1. The van der Waals surface area contributed by atoms with E-state index in [1.54, 1.807) is 4.90 Å². The van der Waals surface area contributed by atoms with Gasteiger partial charge in [0.1, 0.15) is 5.82 Å². The normalized spacial score (nSPS) is 14.0. The van der Waals surface area contributed by atoms with Crippen LogP contribution in [0.5, 0.6) is 0 Å². The molecule has 0 saturated heterocycles. The largest absolute Gasteiger partial charge is 0.334 e. The van der Waals surface area contributed by atoms with Gasteiger partial charge in [-0.15, -0.1) is 0 Å². The first-order chi connectivity index (χ1) is 12.1. The van der Waals surface area contributed by atoms with Crippen molar-refractivity contribution in [2.45, 2.75) is 25.9 Å². The highest BCUT2D eigenvalue weighted by Gasteiger charge is 2.25. The molecule has 1 aliphatic rings. The van der Waals surface area contributed by atoms with Crippen molar-refractivity contribution in [3.05, 3.63) is 63.5 Å². The Hall–Kier alpha value is -1.89. The fraction of sp³-hybridized carbons (Fsp3) is 0.300. The van der Waals surface area contributed by atoms with Crippen LogP contribution in [0.25, 0.3) is 11.0 Å². The molecule has 1 amide bonds. The van der Waals surface area contributed by atoms with Gasteiger partial charge in [0.15, 0.2) is 0 Å². The van der Waals surface area contributed by atoms with Crippen molar-refractivity contribution in [2.24, 2.45) is 5.92 Å². The third kappa shape index (κ3) is 3.56. The Bertz CT molecular complexity index is 930. The van der Waals surface area contributed by atoms with Gasteiger partial charge in [-0.05, 0) is 71.7 Å². The van der Waals surface area contributed by atoms with Crippen LogP contribution in [0.3, 0.4) is 0 Å². The quantitative estimate of drug-likeness (QED) is 0.549. The van der Waals surface area contributed by atoms with E-state index in [0.717, 1.165) is 32.9 Å². The Morgan fingerprint density at radius 1 is 1.24 bits per heavy atom. The molecule has 25 heavy (non-hydrogen) atoms. The molecule has 3 aromatic rings. The van der Waals surface area contributed by atoms with E-state index in [1.807, 2.05) is 43.4 Å². The van der Waals surface area contributed by atoms with Gasteiger partial charge in [0.05, 0.1) is 17.6 Å². The molecule has 4 rings (SSSR count). The Labute approximate surface area is 161 Å². The van der Waals surface area contributed by atoms with Crippen LogP contribution >= 0.6 is 22.6 Å². The molecule has 1 fully saturated rings. The Morgan fingerprint density at radius 2 is 2.04 bits per heavy atom. The molecule has 1 aromatic heterocycles. The molecule has 0 bridgehead atoms. The second-order valence-electron chi connectivity index (χ2n) is 6.74. The molecule has 128 valence electrons. The third-order valence-electron chi connectivity index (χ3n) is 4.67. The lowest BCUT2D eigenvalue weighted by Gasteiger charge is -2.18. The van der Waals surface area contributed by atoms with Crippen LogP contribution in [-0.4, -0.2) is 27.4 Å². The van der Waals surface area contributed by atoms with Gasteiger partial charge in [0.25, 0.3) is 5.91 Å². The van der Waals surface area contributed by atoms with Crippen LogP contribution in [0.1, 0.15) is 29.0 Å². The Kier molecular flexibility index (Phi) is 4.50. The predicted molar refractivity (Wildman–Crippen MR) is 107 cm³/mol. The Balaban J connectivity index is 1.62. The average Bonchev–Trinajstić information content (AvgIpc) is 3.37. The van der Waals surface area contributed by atoms with Gasteiger partial charge in [-0.3, -0.25) is 4.79 Å². The van der Waals surface area contributed by atoms with E-state index in [2.05, 4.69) is 39.3 Å². The van der Waals surface area contributed by atoms with Crippen LogP contribution in [0.2, 0.25) is 0 Å². The maximum atomic E-state index is 12.7. The lowest BCUT2D eigenvalue weighted by molar-refractivity contribution is 0.0780. The number of carbonyl (C=O) groups is 1. The third-order valence-corrected chi connectivity index (χ3v) is 5.34. The number of rotatable bonds is 5. The smallest absolute Gasteiger partial charge is 0.254 e. The summed E-state index contributed by atoms with van der Waals surface area (Å²) in [6, 6.07) is 15.9. The minimum atomic E-state index is 0.0311. The molecule has 1 heterocycles. The summed E-state index contributed by atoms with van der Waals surface area (Å²) in [7, 11) is 1.85. The maximum absolute atomic E-state index is 12.7. The number of aromatic nitrogens is 2. The molecule has 4 nitrogen and oxygen atoms in total. The van der Waals surface area contributed by atoms with Crippen molar-refractivity contribution < 1.29 is 4.79 Å². The van der Waals surface area contributed by atoms with Crippen LogP contribution in [-0.2, 0) is 13.1 Å². The monoisotopic (exact) mass is 445 g/mol. The summed E-state index contributed by atoms with van der Waals surface area (Å²) in [6.45, 7) is 1.52. The van der Waals surface area contributed by atoms with Gasteiger partial charge in [-0.1, -0.05) is 18.2 Å². The maximum Gasteiger partial charge on any atom is 0.254 e. The zero-order valence-corrected chi connectivity index (χ0v) is 16.3. The number of carbonyl (C=O) groups excluding carboxylic acids is 1. The van der Waals surface area contributed by atoms with Crippen molar-refractivity contribution in [2.75, 3.05) is 7.05 Å². The van der Waals surface area contributed by atoms with E-state index in [4.69, 9.17) is 4.98 Å². The predicted octanol–water partition coefficient (Wildman–Crippen LogP) is 4.32. The molecular weight excluding hydrogens is 425 g/mol. The van der Waals surface area contributed by atoms with Crippen LogP contribution < -0.4 is 0 Å². The summed E-state index contributed by atoms with van der Waals surface area (Å²) in [6.07, 6.45) is 2.59. The van der Waals surface area contributed by atoms with Crippen molar-refractivity contribution in [1.82, 2.24) is 14.5 Å². The molecule has 1 aliphatic carbocycles. The number of nitrogens with zero attached hydrogens (tertiary/aromatic N) is 3. The fourth-order valence-corrected chi connectivity index (χ4v) is 3.68. The fourth-order valence-electron chi connectivity index (χ4n) is 3.13. The van der Waals surface area contributed by atoms with Crippen LogP contribution in [0, 0.1) is 9.49 Å². The molecule has 1 saturated carbocycles. The number of imidazole rings is 1. The Morgan fingerprint density at radius 3 is 2.80 bits per heavy atom. The molecule has 0 N–H and O–H groups in total. The molecule has 2 aromatic carbocycles. The first kappa shape index (κ1) is 16.6. The number of hydrogen-bond donors (Lipinski definition) is 0. The van der Waals surface area contributed by atoms with E-state index in [-0.39, 0.29) is 5.91 Å². The lowest BCUT2D eigenvalue weighted by atomic mass is 10.2. The van der Waals surface area contributed by atoms with E-state index in [9.17, 15) is 4.79 Å². The van der Waals surface area contributed by atoms with E-state index >= 15 is 0 Å². The van der Waals surface area contributed by atoms with Crippen molar-refractivity contribution in [1.29, 1.82) is 0 Å². The standard InChI is InChI=1S/C20H20IN3O/c1-23(20(25)15-5-4-6-16(21)11-15)13-19-22-17-7-2-3-8-18(17)24(19)12-14-9-10-14/h2-8,11,14H,9-10,12-13H2,1H3. The number of fused-ring (bicyclic) bond motifs is 1. The number of para-hydroxylation sites is 2. The van der Waals surface area contributed by atoms with Gasteiger partial charge in [0, 0.05) is 22.7 Å². The molecule has 0 atom stereocenters. The average molecular weight is 445 g/mol. The summed E-state index contributed by atoms with van der Waals surface area (Å²) in [5, 5.41) is 0. The highest BCUT2D eigenvalue weighted by Crippen LogP contribution is 2.32. The molecule has 0 unspecified atom stereocenters. The highest BCUT2D eigenvalue weighted by atomic mass is 127. The minimum Gasteiger partial charge on any atom is -0.334 e. The molecular formula is C20H20IN3O.